The number of ketones is 2. The smallest absolute Gasteiger partial charge is 0.230 e. The van der Waals surface area contributed by atoms with Crippen LogP contribution in [-0.2, 0) is 11.2 Å². The molecule has 3 nitrogen and oxygen atoms in total. The molecule has 0 saturated heterocycles. The fourth-order valence-electron chi connectivity index (χ4n) is 1.19. The Morgan fingerprint density at radius 3 is 2.92 bits per heavy atom. The fourth-order valence-corrected chi connectivity index (χ4v) is 1.52. The van der Waals surface area contributed by atoms with E-state index in [0.717, 1.165) is 4.47 Å². The summed E-state index contributed by atoms with van der Waals surface area (Å²) in [5.74, 6) is -0.783. The molecule has 0 fully saturated rings. The molecule has 0 saturated carbocycles. The molecule has 60 valence electrons. The molecular formula is C8H4BrNO2. The third kappa shape index (κ3) is 0.992. The second-order valence-electron chi connectivity index (χ2n) is 2.58. The Morgan fingerprint density at radius 1 is 1.42 bits per heavy atom. The summed E-state index contributed by atoms with van der Waals surface area (Å²) in [6.45, 7) is 0. The first kappa shape index (κ1) is 7.61. The van der Waals surface area contributed by atoms with Gasteiger partial charge in [-0.3, -0.25) is 14.6 Å². The van der Waals surface area contributed by atoms with Gasteiger partial charge in [0, 0.05) is 16.2 Å². The molecule has 0 amide bonds. The van der Waals surface area contributed by atoms with Crippen molar-refractivity contribution in [3.05, 3.63) is 28.0 Å². The molecule has 0 aromatic carbocycles. The van der Waals surface area contributed by atoms with Crippen LogP contribution in [0, 0.1) is 0 Å². The maximum Gasteiger partial charge on any atom is 0.230 e. The maximum absolute atomic E-state index is 11.1. The molecule has 1 heterocycles. The molecule has 0 radical (unpaired) electrons. The van der Waals surface area contributed by atoms with Gasteiger partial charge in [-0.15, -0.1) is 0 Å². The summed E-state index contributed by atoms with van der Waals surface area (Å²) in [5, 5.41) is 0. The third-order valence-corrected chi connectivity index (χ3v) is 2.20. The Morgan fingerprint density at radius 2 is 2.17 bits per heavy atom. The van der Waals surface area contributed by atoms with E-state index in [-0.39, 0.29) is 12.2 Å². The second kappa shape index (κ2) is 2.48. The van der Waals surface area contributed by atoms with E-state index < -0.39 is 5.78 Å². The number of nitrogens with zero attached hydrogens (tertiary/aromatic N) is 1. The van der Waals surface area contributed by atoms with Crippen molar-refractivity contribution in [1.29, 1.82) is 0 Å². The van der Waals surface area contributed by atoms with E-state index >= 15 is 0 Å². The Labute approximate surface area is 76.9 Å². The van der Waals surface area contributed by atoms with Crippen LogP contribution in [0.3, 0.4) is 0 Å². The van der Waals surface area contributed by atoms with E-state index in [1.165, 1.54) is 0 Å². The highest BCUT2D eigenvalue weighted by Gasteiger charge is 2.29. The van der Waals surface area contributed by atoms with Gasteiger partial charge in [-0.1, -0.05) is 0 Å². The zero-order chi connectivity index (χ0) is 8.72. The van der Waals surface area contributed by atoms with Crippen LogP contribution in [0.15, 0.2) is 16.7 Å². The number of hydrogen-bond acceptors (Lipinski definition) is 3. The lowest BCUT2D eigenvalue weighted by Gasteiger charge is -1.94. The predicted molar refractivity (Wildman–Crippen MR) is 45.0 cm³/mol. The third-order valence-electron chi connectivity index (χ3n) is 1.76. The lowest BCUT2D eigenvalue weighted by atomic mass is 10.2. The van der Waals surface area contributed by atoms with Gasteiger partial charge in [0.15, 0.2) is 0 Å². The van der Waals surface area contributed by atoms with Crippen LogP contribution in [0.1, 0.15) is 16.1 Å². The van der Waals surface area contributed by atoms with Crippen LogP contribution in [0.5, 0.6) is 0 Å². The van der Waals surface area contributed by atoms with E-state index in [1.807, 2.05) is 0 Å². The van der Waals surface area contributed by atoms with E-state index in [1.54, 1.807) is 12.3 Å². The molecule has 0 N–H and O–H groups in total. The van der Waals surface area contributed by atoms with E-state index in [0.29, 0.717) is 11.3 Å². The first-order valence-electron chi connectivity index (χ1n) is 3.40. The van der Waals surface area contributed by atoms with Gasteiger partial charge in [-0.05, 0) is 22.0 Å². The Hall–Kier alpha value is -1.03. The highest BCUT2D eigenvalue weighted by molar-refractivity contribution is 9.10. The summed E-state index contributed by atoms with van der Waals surface area (Å²) in [6.07, 6.45) is 1.74. The van der Waals surface area contributed by atoms with Crippen LogP contribution < -0.4 is 0 Å². The molecule has 2 rings (SSSR count). The minimum atomic E-state index is -0.418. The number of aromatic nitrogens is 1. The number of carbonyl (C=O) groups is 2. The SMILES string of the molecule is O=C1Cc2ncc(Br)cc2C1=O. The molecule has 12 heavy (non-hydrogen) atoms. The summed E-state index contributed by atoms with van der Waals surface area (Å²) >= 11 is 3.19. The normalized spacial score (nSPS) is 15.1. The van der Waals surface area contributed by atoms with Crippen LogP contribution in [0.25, 0.3) is 0 Å². The summed E-state index contributed by atoms with van der Waals surface area (Å²) in [4.78, 5) is 26.0. The topological polar surface area (TPSA) is 47.0 Å². The number of carbonyl (C=O) groups excluding carboxylic acids is 2. The standard InChI is InChI=1S/C8H4BrNO2/c9-4-1-5-6(10-3-4)2-7(11)8(5)12/h1,3H,2H2. The van der Waals surface area contributed by atoms with Crippen molar-refractivity contribution < 1.29 is 9.59 Å². The van der Waals surface area contributed by atoms with Gasteiger partial charge in [0.1, 0.15) is 0 Å². The number of pyridine rings is 1. The minimum absolute atomic E-state index is 0.154. The van der Waals surface area contributed by atoms with Crippen molar-refractivity contribution in [1.82, 2.24) is 4.98 Å². The Bertz CT molecular complexity index is 387. The molecule has 0 unspecified atom stereocenters. The summed E-state index contributed by atoms with van der Waals surface area (Å²) in [6, 6.07) is 1.63. The van der Waals surface area contributed by atoms with Crippen molar-refractivity contribution in [2.45, 2.75) is 6.42 Å². The van der Waals surface area contributed by atoms with Crippen LogP contribution in [-0.4, -0.2) is 16.6 Å². The van der Waals surface area contributed by atoms with Gasteiger partial charge < -0.3 is 0 Å². The van der Waals surface area contributed by atoms with Crippen LogP contribution in [0.2, 0.25) is 0 Å². The highest BCUT2D eigenvalue weighted by Crippen LogP contribution is 2.20. The maximum atomic E-state index is 11.1. The largest absolute Gasteiger partial charge is 0.290 e. The van der Waals surface area contributed by atoms with Gasteiger partial charge in [0.2, 0.25) is 11.6 Å². The van der Waals surface area contributed by atoms with E-state index in [9.17, 15) is 9.59 Å². The van der Waals surface area contributed by atoms with Gasteiger partial charge >= 0.3 is 0 Å². The molecule has 0 bridgehead atoms. The van der Waals surface area contributed by atoms with Crippen molar-refractivity contribution in [2.24, 2.45) is 0 Å². The lowest BCUT2D eigenvalue weighted by Crippen LogP contribution is -2.05. The first-order valence-corrected chi connectivity index (χ1v) is 4.20. The van der Waals surface area contributed by atoms with Crippen LogP contribution >= 0.6 is 15.9 Å². The van der Waals surface area contributed by atoms with E-state index in [4.69, 9.17) is 0 Å². The number of halogens is 1. The van der Waals surface area contributed by atoms with Gasteiger partial charge in [-0.2, -0.15) is 0 Å². The number of Topliss-reactive ketones (excluding diaryl/α,β-unsaturated/α-hetero) is 2. The molecule has 1 aliphatic carbocycles. The Balaban J connectivity index is 2.63. The van der Waals surface area contributed by atoms with Crippen molar-refractivity contribution in [2.75, 3.05) is 0 Å². The number of fused-ring (bicyclic) bond motifs is 1. The number of rotatable bonds is 0. The minimum Gasteiger partial charge on any atom is -0.290 e. The van der Waals surface area contributed by atoms with Gasteiger partial charge in [0.25, 0.3) is 0 Å². The Kier molecular flexibility index (Phi) is 1.58. The zero-order valence-electron chi connectivity index (χ0n) is 6.00. The first-order chi connectivity index (χ1) is 5.68. The summed E-state index contributed by atoms with van der Waals surface area (Å²) in [7, 11) is 0. The second-order valence-corrected chi connectivity index (χ2v) is 3.49. The molecule has 1 aliphatic rings. The number of hydrogen-bond donors (Lipinski definition) is 0. The average Bonchev–Trinajstić information content (AvgIpc) is 2.31. The molecule has 1 aromatic rings. The van der Waals surface area contributed by atoms with E-state index in [2.05, 4.69) is 20.9 Å². The van der Waals surface area contributed by atoms with Crippen LogP contribution in [0.4, 0.5) is 0 Å². The van der Waals surface area contributed by atoms with Gasteiger partial charge in [0.05, 0.1) is 12.1 Å². The summed E-state index contributed by atoms with van der Waals surface area (Å²) < 4.78 is 0.726. The lowest BCUT2D eigenvalue weighted by molar-refractivity contribution is -0.114. The quantitative estimate of drug-likeness (QED) is 0.623. The van der Waals surface area contributed by atoms with Crippen molar-refractivity contribution in [3.63, 3.8) is 0 Å². The average molecular weight is 226 g/mol. The summed E-state index contributed by atoms with van der Waals surface area (Å²) in [5.41, 5.74) is 1.03. The molecule has 0 aliphatic heterocycles. The molecule has 0 atom stereocenters. The fraction of sp³-hybridized carbons (Fsp3) is 0.125. The molecule has 1 aromatic heterocycles. The van der Waals surface area contributed by atoms with Crippen molar-refractivity contribution >= 4 is 27.5 Å². The molecule has 4 heteroatoms. The highest BCUT2D eigenvalue weighted by atomic mass is 79.9. The predicted octanol–water partition coefficient (Wildman–Crippen LogP) is 1.15. The van der Waals surface area contributed by atoms with Gasteiger partial charge in [-0.25, -0.2) is 0 Å². The molecule has 0 spiro atoms. The molecular weight excluding hydrogens is 222 g/mol. The zero-order valence-corrected chi connectivity index (χ0v) is 7.59. The van der Waals surface area contributed by atoms with Crippen molar-refractivity contribution in [3.8, 4) is 0 Å². The monoisotopic (exact) mass is 225 g/mol.